The second-order valence-corrected chi connectivity index (χ2v) is 4.92. The molecule has 0 aliphatic heterocycles. The lowest BCUT2D eigenvalue weighted by Gasteiger charge is -2.18. The van der Waals surface area contributed by atoms with Gasteiger partial charge in [0.25, 0.3) is 0 Å². The van der Waals surface area contributed by atoms with Gasteiger partial charge in [-0.15, -0.1) is 0 Å². The molecule has 0 spiro atoms. The number of carbonyl (C=O) groups is 1. The Labute approximate surface area is 99.8 Å². The van der Waals surface area contributed by atoms with Crippen molar-refractivity contribution in [3.05, 3.63) is 0 Å². The zero-order valence-electron chi connectivity index (χ0n) is 10.7. The molecule has 0 saturated heterocycles. The summed E-state index contributed by atoms with van der Waals surface area (Å²) in [5, 5.41) is 0. The molecule has 0 heterocycles. The monoisotopic (exact) mass is 226 g/mol. The Kier molecular flexibility index (Phi) is 7.28. The highest BCUT2D eigenvalue weighted by Gasteiger charge is 2.20. The van der Waals surface area contributed by atoms with Gasteiger partial charge in [-0.1, -0.05) is 51.9 Å². The van der Waals surface area contributed by atoms with E-state index in [1.54, 1.807) is 0 Å². The van der Waals surface area contributed by atoms with Gasteiger partial charge in [0, 0.05) is 0 Å². The molecule has 2 heteroatoms. The minimum atomic E-state index is 0.0676. The first-order valence-electron chi connectivity index (χ1n) is 7.01. The Hall–Kier alpha value is -0.530. The first-order chi connectivity index (χ1) is 7.84. The molecule has 0 aromatic carbocycles. The molecule has 94 valence electrons. The minimum absolute atomic E-state index is 0.0676. The summed E-state index contributed by atoms with van der Waals surface area (Å²) in [6.45, 7) is 2.79. The van der Waals surface area contributed by atoms with Crippen molar-refractivity contribution >= 4 is 5.97 Å². The molecular formula is C14H26O2. The Balaban J connectivity index is 2.17. The van der Waals surface area contributed by atoms with Crippen LogP contribution in [-0.4, -0.2) is 12.6 Å². The zero-order valence-corrected chi connectivity index (χ0v) is 10.7. The summed E-state index contributed by atoms with van der Waals surface area (Å²) < 4.78 is 5.34. The molecule has 0 radical (unpaired) electrons. The highest BCUT2D eigenvalue weighted by Crippen LogP contribution is 2.23. The maximum Gasteiger partial charge on any atom is 0.308 e. The SMILES string of the molecule is CCCCCOC(=O)C1CCCCCCC1. The van der Waals surface area contributed by atoms with E-state index in [-0.39, 0.29) is 11.9 Å². The highest BCUT2D eigenvalue weighted by molar-refractivity contribution is 5.72. The number of carbonyl (C=O) groups excluding carboxylic acids is 1. The topological polar surface area (TPSA) is 26.3 Å². The van der Waals surface area contributed by atoms with E-state index in [9.17, 15) is 4.79 Å². The van der Waals surface area contributed by atoms with Crippen LogP contribution < -0.4 is 0 Å². The quantitative estimate of drug-likeness (QED) is 0.521. The van der Waals surface area contributed by atoms with E-state index in [2.05, 4.69) is 6.92 Å². The van der Waals surface area contributed by atoms with E-state index >= 15 is 0 Å². The first kappa shape index (κ1) is 13.5. The van der Waals surface area contributed by atoms with Crippen molar-refractivity contribution in [2.45, 2.75) is 71.1 Å². The van der Waals surface area contributed by atoms with Gasteiger partial charge in [0.15, 0.2) is 0 Å². The van der Waals surface area contributed by atoms with Crippen molar-refractivity contribution in [3.8, 4) is 0 Å². The number of rotatable bonds is 5. The Morgan fingerprint density at radius 3 is 2.31 bits per heavy atom. The van der Waals surface area contributed by atoms with E-state index < -0.39 is 0 Å². The fourth-order valence-corrected chi connectivity index (χ4v) is 2.33. The van der Waals surface area contributed by atoms with E-state index in [1.165, 1.54) is 38.5 Å². The standard InChI is InChI=1S/C14H26O2/c1-2-3-9-12-16-14(15)13-10-7-5-4-6-8-11-13/h13H,2-12H2,1H3. The first-order valence-corrected chi connectivity index (χ1v) is 7.01. The van der Waals surface area contributed by atoms with Crippen LogP contribution in [0.4, 0.5) is 0 Å². The van der Waals surface area contributed by atoms with Gasteiger partial charge in [0.1, 0.15) is 0 Å². The summed E-state index contributed by atoms with van der Waals surface area (Å²) in [6.07, 6.45) is 11.8. The second-order valence-electron chi connectivity index (χ2n) is 4.92. The lowest BCUT2D eigenvalue weighted by Crippen LogP contribution is -2.19. The maximum atomic E-state index is 11.8. The van der Waals surface area contributed by atoms with E-state index in [0.29, 0.717) is 6.61 Å². The van der Waals surface area contributed by atoms with Crippen LogP contribution in [0.25, 0.3) is 0 Å². The number of unbranched alkanes of at least 4 members (excludes halogenated alkanes) is 2. The van der Waals surface area contributed by atoms with Crippen molar-refractivity contribution in [1.29, 1.82) is 0 Å². The third-order valence-electron chi connectivity index (χ3n) is 3.43. The third kappa shape index (κ3) is 5.53. The molecule has 0 amide bonds. The van der Waals surface area contributed by atoms with Crippen LogP contribution in [0.5, 0.6) is 0 Å². The number of hydrogen-bond donors (Lipinski definition) is 0. The van der Waals surface area contributed by atoms with Crippen molar-refractivity contribution < 1.29 is 9.53 Å². The van der Waals surface area contributed by atoms with E-state index in [4.69, 9.17) is 4.74 Å². The molecule has 0 atom stereocenters. The van der Waals surface area contributed by atoms with Crippen LogP contribution in [0.1, 0.15) is 71.1 Å². The van der Waals surface area contributed by atoms with Gasteiger partial charge >= 0.3 is 5.97 Å². The summed E-state index contributed by atoms with van der Waals surface area (Å²) in [7, 11) is 0. The number of esters is 1. The van der Waals surface area contributed by atoms with Crippen LogP contribution in [0, 0.1) is 5.92 Å². The fourth-order valence-electron chi connectivity index (χ4n) is 2.33. The van der Waals surface area contributed by atoms with Crippen molar-refractivity contribution in [2.75, 3.05) is 6.61 Å². The Morgan fingerprint density at radius 2 is 1.69 bits per heavy atom. The van der Waals surface area contributed by atoms with E-state index in [0.717, 1.165) is 25.7 Å². The molecule has 1 fully saturated rings. The molecule has 1 aliphatic rings. The maximum absolute atomic E-state index is 11.8. The Morgan fingerprint density at radius 1 is 1.06 bits per heavy atom. The lowest BCUT2D eigenvalue weighted by atomic mass is 9.91. The van der Waals surface area contributed by atoms with E-state index in [1.807, 2.05) is 0 Å². The van der Waals surface area contributed by atoms with Crippen molar-refractivity contribution in [1.82, 2.24) is 0 Å². The molecule has 1 saturated carbocycles. The molecule has 2 nitrogen and oxygen atoms in total. The number of ether oxygens (including phenoxy) is 1. The van der Waals surface area contributed by atoms with Crippen LogP contribution in [0.2, 0.25) is 0 Å². The van der Waals surface area contributed by atoms with Gasteiger partial charge in [-0.2, -0.15) is 0 Å². The average Bonchev–Trinajstić information content (AvgIpc) is 2.23. The van der Waals surface area contributed by atoms with Crippen molar-refractivity contribution in [3.63, 3.8) is 0 Å². The Bertz CT molecular complexity index is 181. The van der Waals surface area contributed by atoms with Gasteiger partial charge in [-0.05, 0) is 19.3 Å². The number of hydrogen-bond acceptors (Lipinski definition) is 2. The highest BCUT2D eigenvalue weighted by atomic mass is 16.5. The van der Waals surface area contributed by atoms with Crippen molar-refractivity contribution in [2.24, 2.45) is 5.92 Å². The van der Waals surface area contributed by atoms with Crippen LogP contribution >= 0.6 is 0 Å². The lowest BCUT2D eigenvalue weighted by molar-refractivity contribution is -0.149. The largest absolute Gasteiger partial charge is 0.465 e. The summed E-state index contributed by atoms with van der Waals surface area (Å²) in [4.78, 5) is 11.8. The molecule has 0 N–H and O–H groups in total. The molecule has 0 bridgehead atoms. The molecule has 16 heavy (non-hydrogen) atoms. The van der Waals surface area contributed by atoms with Crippen LogP contribution in [0.15, 0.2) is 0 Å². The predicted octanol–water partition coefficient (Wildman–Crippen LogP) is 4.08. The smallest absolute Gasteiger partial charge is 0.308 e. The summed E-state index contributed by atoms with van der Waals surface area (Å²) in [5.41, 5.74) is 0. The van der Waals surface area contributed by atoms with Gasteiger partial charge < -0.3 is 4.74 Å². The average molecular weight is 226 g/mol. The van der Waals surface area contributed by atoms with Gasteiger partial charge in [0.05, 0.1) is 12.5 Å². The normalized spacial score (nSPS) is 18.8. The second kappa shape index (κ2) is 8.60. The van der Waals surface area contributed by atoms with Gasteiger partial charge in [0.2, 0.25) is 0 Å². The molecular weight excluding hydrogens is 200 g/mol. The summed E-state index contributed by atoms with van der Waals surface area (Å²) in [5.74, 6) is 0.264. The summed E-state index contributed by atoms with van der Waals surface area (Å²) in [6, 6.07) is 0. The molecule has 0 aromatic rings. The fraction of sp³-hybridized carbons (Fsp3) is 0.929. The molecule has 1 rings (SSSR count). The van der Waals surface area contributed by atoms with Crippen LogP contribution in [0.3, 0.4) is 0 Å². The molecule has 1 aliphatic carbocycles. The molecule has 0 unspecified atom stereocenters. The summed E-state index contributed by atoms with van der Waals surface area (Å²) >= 11 is 0. The molecule has 0 aromatic heterocycles. The zero-order chi connectivity index (χ0) is 11.6. The third-order valence-corrected chi connectivity index (χ3v) is 3.43. The minimum Gasteiger partial charge on any atom is -0.465 e. The van der Waals surface area contributed by atoms with Gasteiger partial charge in [-0.25, -0.2) is 0 Å². The van der Waals surface area contributed by atoms with Gasteiger partial charge in [-0.3, -0.25) is 4.79 Å². The predicted molar refractivity (Wildman–Crippen MR) is 66.3 cm³/mol. The van der Waals surface area contributed by atoms with Crippen LogP contribution in [-0.2, 0) is 9.53 Å².